The van der Waals surface area contributed by atoms with Gasteiger partial charge in [-0.3, -0.25) is 4.79 Å². The summed E-state index contributed by atoms with van der Waals surface area (Å²) in [4.78, 5) is 16.7. The first kappa shape index (κ1) is 19.3. The molecule has 0 N–H and O–H groups in total. The molecule has 0 radical (unpaired) electrons. The van der Waals surface area contributed by atoms with Crippen LogP contribution >= 0.6 is 11.6 Å². The topological polar surface area (TPSA) is 69.0 Å². The van der Waals surface area contributed by atoms with E-state index in [1.165, 1.54) is 35.0 Å². The number of rotatable bonds is 5. The normalized spacial score (nSPS) is 11.5. The lowest BCUT2D eigenvalue weighted by Crippen LogP contribution is -2.28. The molecule has 27 heavy (non-hydrogen) atoms. The quantitative estimate of drug-likeness (QED) is 0.647. The van der Waals surface area contributed by atoms with E-state index in [0.717, 1.165) is 0 Å². The van der Waals surface area contributed by atoms with E-state index in [9.17, 15) is 17.6 Å². The molecule has 0 bridgehead atoms. The lowest BCUT2D eigenvalue weighted by molar-refractivity contribution is 0.584. The fourth-order valence-electron chi connectivity index (χ4n) is 2.58. The van der Waals surface area contributed by atoms with Crippen molar-refractivity contribution in [2.45, 2.75) is 24.2 Å². The Morgan fingerprint density at radius 3 is 2.30 bits per heavy atom. The van der Waals surface area contributed by atoms with Gasteiger partial charge in [0.15, 0.2) is 0 Å². The van der Waals surface area contributed by atoms with Crippen LogP contribution in [0, 0.1) is 5.82 Å². The Labute approximate surface area is 161 Å². The van der Waals surface area contributed by atoms with Crippen molar-refractivity contribution < 1.29 is 12.8 Å². The van der Waals surface area contributed by atoms with Gasteiger partial charge in [-0.2, -0.15) is 0 Å². The van der Waals surface area contributed by atoms with Gasteiger partial charge in [-0.05, 0) is 48.9 Å². The molecule has 5 nitrogen and oxygen atoms in total. The summed E-state index contributed by atoms with van der Waals surface area (Å²) >= 11 is 5.82. The molecular weight excluding hydrogens is 391 g/mol. The summed E-state index contributed by atoms with van der Waals surface area (Å²) in [6.45, 7) is 2.00. The highest BCUT2D eigenvalue weighted by Gasteiger charge is 2.24. The second kappa shape index (κ2) is 7.62. The van der Waals surface area contributed by atoms with Crippen LogP contribution in [0.2, 0.25) is 5.02 Å². The number of hydrogen-bond donors (Lipinski definition) is 0. The summed E-state index contributed by atoms with van der Waals surface area (Å²) in [6, 6.07) is 11.8. The predicted molar refractivity (Wildman–Crippen MR) is 102 cm³/mol. The van der Waals surface area contributed by atoms with Gasteiger partial charge in [-0.1, -0.05) is 23.7 Å². The van der Waals surface area contributed by atoms with Gasteiger partial charge in [0.1, 0.15) is 5.82 Å². The fraction of sp³-hybridized carbons (Fsp3) is 0.158. The van der Waals surface area contributed by atoms with Crippen molar-refractivity contribution in [1.82, 2.24) is 9.55 Å². The van der Waals surface area contributed by atoms with Crippen LogP contribution in [0.15, 0.2) is 64.5 Å². The molecule has 0 aliphatic heterocycles. The Kier molecular flexibility index (Phi) is 5.43. The van der Waals surface area contributed by atoms with E-state index in [4.69, 9.17) is 11.6 Å². The summed E-state index contributed by atoms with van der Waals surface area (Å²) in [7, 11) is -3.99. The average molecular weight is 407 g/mol. The van der Waals surface area contributed by atoms with E-state index in [1.54, 1.807) is 31.2 Å². The molecular formula is C19H16ClFN2O3S. The van der Waals surface area contributed by atoms with Crippen LogP contribution in [0.1, 0.15) is 12.5 Å². The Hall–Kier alpha value is -2.51. The maximum Gasteiger partial charge on any atom is 0.288 e. The Balaban J connectivity index is 2.10. The van der Waals surface area contributed by atoms with Crippen molar-refractivity contribution in [2.75, 3.05) is 0 Å². The van der Waals surface area contributed by atoms with Crippen molar-refractivity contribution in [1.29, 1.82) is 0 Å². The van der Waals surface area contributed by atoms with Crippen molar-refractivity contribution >= 4 is 21.4 Å². The summed E-state index contributed by atoms with van der Waals surface area (Å²) in [5.41, 5.74) is 0.612. The van der Waals surface area contributed by atoms with Crippen molar-refractivity contribution in [3.8, 4) is 11.3 Å². The molecule has 0 atom stereocenters. The molecule has 1 aromatic heterocycles. The molecule has 3 rings (SSSR count). The number of halogens is 2. The number of aromatic nitrogens is 2. The first-order valence-electron chi connectivity index (χ1n) is 8.15. The van der Waals surface area contributed by atoms with Crippen LogP contribution < -0.4 is 5.56 Å². The standard InChI is InChI=1S/C19H16ClFN2O3S/c1-2-23-11-17(14-5-9-16(21)10-6-14)22-18(19(23)24)27(25,26)12-13-3-7-15(20)8-4-13/h3-11H,2,12H2,1H3. The van der Waals surface area contributed by atoms with Crippen LogP contribution in [-0.2, 0) is 22.1 Å². The predicted octanol–water partition coefficient (Wildman–Crippen LogP) is 3.70. The monoisotopic (exact) mass is 406 g/mol. The molecule has 3 aromatic rings. The number of nitrogens with zero attached hydrogens (tertiary/aromatic N) is 2. The first-order valence-corrected chi connectivity index (χ1v) is 10.2. The van der Waals surface area contributed by atoms with Crippen LogP contribution in [0.25, 0.3) is 11.3 Å². The molecule has 0 fully saturated rings. The van der Waals surface area contributed by atoms with E-state index in [1.807, 2.05) is 0 Å². The molecule has 1 heterocycles. The van der Waals surface area contributed by atoms with E-state index in [2.05, 4.69) is 4.98 Å². The zero-order valence-electron chi connectivity index (χ0n) is 14.4. The molecule has 0 aliphatic carbocycles. The molecule has 0 amide bonds. The smallest absolute Gasteiger partial charge is 0.288 e. The summed E-state index contributed by atoms with van der Waals surface area (Å²) in [5, 5.41) is -0.0398. The Bertz CT molecular complexity index is 1130. The van der Waals surface area contributed by atoms with E-state index < -0.39 is 26.2 Å². The second-order valence-electron chi connectivity index (χ2n) is 5.91. The molecule has 0 saturated carbocycles. The number of hydrogen-bond acceptors (Lipinski definition) is 4. The van der Waals surface area contributed by atoms with Gasteiger partial charge in [0.05, 0.1) is 11.4 Å². The molecule has 140 valence electrons. The third-order valence-electron chi connectivity index (χ3n) is 3.99. The second-order valence-corrected chi connectivity index (χ2v) is 8.26. The molecule has 0 aliphatic rings. The van der Waals surface area contributed by atoms with Gasteiger partial charge in [0, 0.05) is 23.3 Å². The third kappa shape index (κ3) is 4.26. The largest absolute Gasteiger partial charge is 0.311 e. The van der Waals surface area contributed by atoms with Crippen molar-refractivity contribution in [3.05, 3.63) is 81.5 Å². The number of aryl methyl sites for hydroxylation is 1. The maximum atomic E-state index is 13.2. The van der Waals surface area contributed by atoms with Gasteiger partial charge in [-0.25, -0.2) is 17.8 Å². The van der Waals surface area contributed by atoms with Gasteiger partial charge in [0.2, 0.25) is 14.9 Å². The SMILES string of the molecule is CCn1cc(-c2ccc(F)cc2)nc(S(=O)(=O)Cc2ccc(Cl)cc2)c1=O. The molecule has 0 saturated heterocycles. The number of benzene rings is 2. The lowest BCUT2D eigenvalue weighted by atomic mass is 10.1. The van der Waals surface area contributed by atoms with Gasteiger partial charge in [0.25, 0.3) is 5.56 Å². The summed E-state index contributed by atoms with van der Waals surface area (Å²) in [5.74, 6) is -0.790. The Morgan fingerprint density at radius 1 is 1.07 bits per heavy atom. The number of sulfone groups is 1. The molecule has 2 aromatic carbocycles. The highest BCUT2D eigenvalue weighted by molar-refractivity contribution is 7.90. The minimum absolute atomic E-state index is 0.277. The highest BCUT2D eigenvalue weighted by Crippen LogP contribution is 2.20. The fourth-order valence-corrected chi connectivity index (χ4v) is 4.10. The minimum Gasteiger partial charge on any atom is -0.311 e. The zero-order valence-corrected chi connectivity index (χ0v) is 16.0. The average Bonchev–Trinajstić information content (AvgIpc) is 2.64. The molecule has 8 heteroatoms. The Morgan fingerprint density at radius 2 is 1.70 bits per heavy atom. The van der Waals surface area contributed by atoms with Crippen molar-refractivity contribution in [3.63, 3.8) is 0 Å². The van der Waals surface area contributed by atoms with Crippen LogP contribution in [0.4, 0.5) is 4.39 Å². The van der Waals surface area contributed by atoms with Crippen LogP contribution in [0.3, 0.4) is 0 Å². The van der Waals surface area contributed by atoms with E-state index >= 15 is 0 Å². The van der Waals surface area contributed by atoms with Gasteiger partial charge < -0.3 is 4.57 Å². The highest BCUT2D eigenvalue weighted by atomic mass is 35.5. The molecule has 0 spiro atoms. The van der Waals surface area contributed by atoms with Crippen LogP contribution in [0.5, 0.6) is 0 Å². The van der Waals surface area contributed by atoms with Gasteiger partial charge >= 0.3 is 0 Å². The van der Waals surface area contributed by atoms with Gasteiger partial charge in [-0.15, -0.1) is 0 Å². The van der Waals surface area contributed by atoms with Crippen molar-refractivity contribution in [2.24, 2.45) is 0 Å². The third-order valence-corrected chi connectivity index (χ3v) is 5.81. The van der Waals surface area contributed by atoms with E-state index in [0.29, 0.717) is 16.1 Å². The summed E-state index contributed by atoms with van der Waals surface area (Å²) < 4.78 is 40.1. The zero-order chi connectivity index (χ0) is 19.6. The maximum absolute atomic E-state index is 13.2. The molecule has 0 unspecified atom stereocenters. The van der Waals surface area contributed by atoms with E-state index in [-0.39, 0.29) is 18.0 Å². The summed E-state index contributed by atoms with van der Waals surface area (Å²) in [6.07, 6.45) is 1.47. The minimum atomic E-state index is -3.99. The lowest BCUT2D eigenvalue weighted by Gasteiger charge is -2.10. The van der Waals surface area contributed by atoms with Crippen LogP contribution in [-0.4, -0.2) is 18.0 Å². The first-order chi connectivity index (χ1) is 12.8.